The van der Waals surface area contributed by atoms with E-state index in [4.69, 9.17) is 23.6 Å². The van der Waals surface area contributed by atoms with Crippen molar-refractivity contribution in [1.29, 1.82) is 0 Å². The predicted octanol–water partition coefficient (Wildman–Crippen LogP) is 5.07. The van der Waals surface area contributed by atoms with Crippen LogP contribution < -0.4 is 19.7 Å². The molecule has 7 rings (SSSR count). The Kier molecular flexibility index (Phi) is 7.39. The maximum Gasteiger partial charge on any atom is 0.319 e. The molecule has 0 unspecified atom stereocenters. The number of alkyl halides is 1. The molecule has 2 aromatic heterocycles. The van der Waals surface area contributed by atoms with Gasteiger partial charge in [0.2, 0.25) is 5.88 Å². The number of anilines is 1. The Morgan fingerprint density at radius 3 is 2.64 bits per heavy atom. The summed E-state index contributed by atoms with van der Waals surface area (Å²) >= 11 is 0. The number of aromatic hydroxyl groups is 1. The first-order chi connectivity index (χ1) is 23.4. The molecule has 3 saturated heterocycles. The third-order valence-electron chi connectivity index (χ3n) is 9.68. The van der Waals surface area contributed by atoms with Gasteiger partial charge in [0.1, 0.15) is 34.0 Å². The number of nitrogens with zero attached hydrogens (tertiary/aromatic N) is 5. The highest BCUT2D eigenvalue weighted by atomic mass is 19.1. The van der Waals surface area contributed by atoms with Crippen LogP contribution in [0.5, 0.6) is 17.6 Å². The van der Waals surface area contributed by atoms with Gasteiger partial charge in [-0.05, 0) is 62.3 Å². The van der Waals surface area contributed by atoms with Crippen molar-refractivity contribution in [3.05, 3.63) is 41.5 Å². The molecule has 3 aliphatic rings. The minimum atomic E-state index is -2.18. The van der Waals surface area contributed by atoms with Gasteiger partial charge in [0.25, 0.3) is 0 Å². The molecule has 12 heteroatoms. The Labute approximate surface area is 273 Å². The fourth-order valence-corrected chi connectivity index (χ4v) is 7.38. The number of phenols is 1. The van der Waals surface area contributed by atoms with Crippen LogP contribution in [0.25, 0.3) is 32.9 Å². The average Bonchev–Trinajstić information content (AvgIpc) is 3.42. The summed E-state index contributed by atoms with van der Waals surface area (Å²) in [4.78, 5) is 17.8. The molecule has 3 fully saturated rings. The molecule has 3 aliphatic heterocycles. The van der Waals surface area contributed by atoms with Gasteiger partial charge in [0.15, 0.2) is 5.82 Å². The van der Waals surface area contributed by atoms with E-state index in [0.717, 1.165) is 12.8 Å². The molecule has 0 spiro atoms. The monoisotopic (exact) mass is 648 g/mol. The van der Waals surface area contributed by atoms with Crippen molar-refractivity contribution in [3.63, 3.8) is 0 Å². The number of pyridine rings is 1. The number of ether oxygens (including phenoxy) is 2. The number of halogens is 3. The summed E-state index contributed by atoms with van der Waals surface area (Å²) in [7, 11) is 3.24. The summed E-state index contributed by atoms with van der Waals surface area (Å²) < 4.78 is 75.5. The smallest absolute Gasteiger partial charge is 0.319 e. The molecule has 0 radical (unpaired) electrons. The van der Waals surface area contributed by atoms with Crippen LogP contribution in [-0.4, -0.2) is 90.6 Å². The SMILES string of the molecule is [2H][C@H](F)[C@@]1([2H])CCN(C)C[C@@]1(C)COc1nc(N2C[C@H]3CC[C@@H](C2)N3)c2c(OC)nc(-c3cc(O)cc4ccc(F)c(C#C)c34)c(F)c2n1. The molecule has 5 heterocycles. The summed E-state index contributed by atoms with van der Waals surface area (Å²) in [6, 6.07) is 5.43. The van der Waals surface area contributed by atoms with E-state index >= 15 is 4.39 Å². The topological polar surface area (TPSA) is 95.9 Å². The summed E-state index contributed by atoms with van der Waals surface area (Å²) in [6.07, 6.45) is 7.76. The van der Waals surface area contributed by atoms with Crippen LogP contribution in [0, 0.1) is 35.3 Å². The first-order valence-corrected chi connectivity index (χ1v) is 15.6. The molecule has 47 heavy (non-hydrogen) atoms. The number of hydrogen-bond acceptors (Lipinski definition) is 9. The normalized spacial score (nSPS) is 27.4. The second-order valence-corrected chi connectivity index (χ2v) is 13.0. The van der Waals surface area contributed by atoms with Gasteiger partial charge in [-0.15, -0.1) is 6.42 Å². The van der Waals surface area contributed by atoms with E-state index in [1.165, 1.54) is 31.4 Å². The molecule has 0 amide bonds. The fourth-order valence-electron chi connectivity index (χ4n) is 7.38. The molecule has 2 aromatic carbocycles. The molecule has 246 valence electrons. The van der Waals surface area contributed by atoms with Crippen molar-refractivity contribution in [2.45, 2.75) is 38.3 Å². The molecular weight excluding hydrogens is 609 g/mol. The molecule has 5 atom stereocenters. The Hall–Kier alpha value is -4.34. The zero-order valence-electron chi connectivity index (χ0n) is 28.4. The van der Waals surface area contributed by atoms with Gasteiger partial charge in [-0.2, -0.15) is 9.97 Å². The van der Waals surface area contributed by atoms with Gasteiger partial charge in [-0.3, -0.25) is 4.39 Å². The molecule has 2 bridgehead atoms. The zero-order chi connectivity index (χ0) is 34.8. The van der Waals surface area contributed by atoms with Crippen molar-refractivity contribution in [1.82, 2.24) is 25.2 Å². The lowest BCUT2D eigenvalue weighted by Gasteiger charge is -2.43. The Bertz CT molecular complexity index is 2000. The minimum absolute atomic E-state index is 0.00509. The second kappa shape index (κ2) is 12.0. The standard InChI is InChI=1S/C35H37F3N6O3/c1-5-24-26(37)9-6-19-12-23(45)13-25(27(19)24)30-29(38)31-28(33(40-30)46-4)32(44-15-21-7-8-22(16-44)39-21)42-34(41-31)47-18-35(2)17-43(3)11-10-20(35)14-36/h1,6,9,12-13,20-22,39,45H,7-8,10-11,14-18H2,2-4H3/t20-,21-,22+,35+/m1/s1/i14D,20D/t14-,20+,21-,22+,35-/m0. The summed E-state index contributed by atoms with van der Waals surface area (Å²) in [5, 5.41) is 14.9. The van der Waals surface area contributed by atoms with Crippen LogP contribution in [0.15, 0.2) is 24.3 Å². The number of piperidine rings is 1. The highest BCUT2D eigenvalue weighted by Crippen LogP contribution is 2.43. The van der Waals surface area contributed by atoms with E-state index in [0.29, 0.717) is 30.8 Å². The second-order valence-electron chi connectivity index (χ2n) is 13.0. The van der Waals surface area contributed by atoms with Gasteiger partial charge >= 0.3 is 6.01 Å². The zero-order valence-corrected chi connectivity index (χ0v) is 26.4. The summed E-state index contributed by atoms with van der Waals surface area (Å²) in [5.74, 6) is -0.913. The highest BCUT2D eigenvalue weighted by Gasteiger charge is 2.40. The number of aromatic nitrogens is 3. The fraction of sp³-hybridized carbons (Fsp3) is 0.457. The van der Waals surface area contributed by atoms with Gasteiger partial charge in [0.05, 0.1) is 27.3 Å². The van der Waals surface area contributed by atoms with Crippen LogP contribution in [0.4, 0.5) is 19.0 Å². The largest absolute Gasteiger partial charge is 0.508 e. The van der Waals surface area contributed by atoms with Gasteiger partial charge in [-0.25, -0.2) is 13.8 Å². The third kappa shape index (κ3) is 5.45. The van der Waals surface area contributed by atoms with Crippen molar-refractivity contribution in [2.24, 2.45) is 11.3 Å². The van der Waals surface area contributed by atoms with Crippen LogP contribution in [0.1, 0.15) is 34.5 Å². The lowest BCUT2D eigenvalue weighted by atomic mass is 9.73. The van der Waals surface area contributed by atoms with Gasteiger partial charge < -0.3 is 29.7 Å². The van der Waals surface area contributed by atoms with Gasteiger partial charge in [0, 0.05) is 49.5 Å². The van der Waals surface area contributed by atoms with Crippen LogP contribution in [-0.2, 0) is 0 Å². The Balaban J connectivity index is 1.43. The summed E-state index contributed by atoms with van der Waals surface area (Å²) in [6.45, 7) is 1.19. The van der Waals surface area contributed by atoms with Crippen molar-refractivity contribution >= 4 is 27.5 Å². The summed E-state index contributed by atoms with van der Waals surface area (Å²) in [5.41, 5.74) is -1.71. The number of terminal acetylenes is 1. The quantitative estimate of drug-likeness (QED) is 0.267. The molecule has 0 aliphatic carbocycles. The number of fused-ring (bicyclic) bond motifs is 4. The molecule has 4 aromatic rings. The van der Waals surface area contributed by atoms with E-state index in [-0.39, 0.29) is 82.4 Å². The number of rotatable bonds is 7. The van der Waals surface area contributed by atoms with E-state index in [1.54, 1.807) is 6.92 Å². The van der Waals surface area contributed by atoms with E-state index in [1.807, 2.05) is 16.8 Å². The number of hydrogen-bond donors (Lipinski definition) is 2. The van der Waals surface area contributed by atoms with Gasteiger partial charge in [-0.1, -0.05) is 18.9 Å². The number of nitrogens with one attached hydrogen (secondary N) is 1. The number of likely N-dealkylation sites (tertiary alicyclic amines) is 1. The lowest BCUT2D eigenvalue weighted by Crippen LogP contribution is -2.51. The van der Waals surface area contributed by atoms with Crippen molar-refractivity contribution in [2.75, 3.05) is 58.5 Å². The number of benzene rings is 2. The van der Waals surface area contributed by atoms with Crippen molar-refractivity contribution in [3.8, 4) is 41.2 Å². The lowest BCUT2D eigenvalue weighted by molar-refractivity contribution is 0.000321. The predicted molar refractivity (Wildman–Crippen MR) is 174 cm³/mol. The minimum Gasteiger partial charge on any atom is -0.508 e. The molecule has 0 saturated carbocycles. The van der Waals surface area contributed by atoms with E-state index < -0.39 is 29.6 Å². The molecule has 2 N–H and O–H groups in total. The number of phenolic OH excluding ortho intramolecular Hbond substituents is 1. The van der Waals surface area contributed by atoms with E-state index in [9.17, 15) is 13.9 Å². The van der Waals surface area contributed by atoms with E-state index in [2.05, 4.69) is 21.2 Å². The highest BCUT2D eigenvalue weighted by molar-refractivity contribution is 6.04. The maximum absolute atomic E-state index is 17.1. The Morgan fingerprint density at radius 2 is 1.94 bits per heavy atom. The van der Waals surface area contributed by atoms with Crippen LogP contribution in [0.2, 0.25) is 0 Å². The third-order valence-corrected chi connectivity index (χ3v) is 9.68. The van der Waals surface area contributed by atoms with Crippen molar-refractivity contribution < 1.29 is 30.5 Å². The maximum atomic E-state index is 17.1. The van der Waals surface area contributed by atoms with Crippen LogP contribution in [0.3, 0.4) is 0 Å². The molecular formula is C35H37F3N6O3. The van der Waals surface area contributed by atoms with Crippen LogP contribution >= 0.6 is 0 Å². The average molecular weight is 649 g/mol. The Morgan fingerprint density at radius 1 is 1.17 bits per heavy atom. The molecule has 9 nitrogen and oxygen atoms in total. The number of methoxy groups -OCH3 is 1. The first-order valence-electron chi connectivity index (χ1n) is 16.7. The first kappa shape index (κ1) is 28.8. The number of piperazine rings is 1.